The van der Waals surface area contributed by atoms with E-state index in [9.17, 15) is 18.0 Å². The number of nitrogens with one attached hydrogen (secondary N) is 1. The van der Waals surface area contributed by atoms with Crippen molar-refractivity contribution in [2.45, 2.75) is 30.8 Å². The summed E-state index contributed by atoms with van der Waals surface area (Å²) in [5.41, 5.74) is 1.63. The number of hydrogen-bond donors (Lipinski definition) is 1. The summed E-state index contributed by atoms with van der Waals surface area (Å²) >= 11 is 12.8. The van der Waals surface area contributed by atoms with Gasteiger partial charge in [0.15, 0.2) is 0 Å². The monoisotopic (exact) mass is 653 g/mol. The van der Waals surface area contributed by atoms with Crippen LogP contribution >= 0.6 is 23.2 Å². The molecular weight excluding hydrogens is 621 g/mol. The first kappa shape index (κ1) is 32.9. The average molecular weight is 655 g/mol. The first-order valence-electron chi connectivity index (χ1n) is 13.9. The van der Waals surface area contributed by atoms with Gasteiger partial charge in [-0.15, -0.1) is 0 Å². The third-order valence-corrected chi connectivity index (χ3v) is 9.34. The van der Waals surface area contributed by atoms with Gasteiger partial charge in [0.25, 0.3) is 10.0 Å². The van der Waals surface area contributed by atoms with Crippen LogP contribution in [0.25, 0.3) is 0 Å². The van der Waals surface area contributed by atoms with Crippen molar-refractivity contribution in [1.29, 1.82) is 0 Å². The molecule has 0 heterocycles. The van der Waals surface area contributed by atoms with E-state index in [1.807, 2.05) is 30.3 Å². The second kappa shape index (κ2) is 15.1. The SMILES string of the molecule is CCNC(=O)[C@H](Cc1ccccc1)N(Cc1ccccc1Cl)C(=O)CN(c1cccc(Cl)c1)S(=O)(=O)c1ccc(OC)cc1. The largest absolute Gasteiger partial charge is 0.497 e. The van der Waals surface area contributed by atoms with Crippen LogP contribution in [-0.4, -0.2) is 51.4 Å². The fraction of sp³-hybridized carbons (Fsp3) is 0.212. The summed E-state index contributed by atoms with van der Waals surface area (Å²) in [6.45, 7) is 1.50. The summed E-state index contributed by atoms with van der Waals surface area (Å²) in [6.07, 6.45) is 0.200. The summed E-state index contributed by atoms with van der Waals surface area (Å²) in [5, 5.41) is 3.54. The van der Waals surface area contributed by atoms with Gasteiger partial charge in [-0.2, -0.15) is 0 Å². The highest BCUT2D eigenvalue weighted by atomic mass is 35.5. The van der Waals surface area contributed by atoms with Crippen LogP contribution in [0.2, 0.25) is 10.0 Å². The number of rotatable bonds is 13. The fourth-order valence-electron chi connectivity index (χ4n) is 4.69. The number of methoxy groups -OCH3 is 1. The zero-order valence-corrected chi connectivity index (χ0v) is 26.6. The van der Waals surface area contributed by atoms with Crippen LogP contribution in [-0.2, 0) is 32.6 Å². The molecule has 0 radical (unpaired) electrons. The highest BCUT2D eigenvalue weighted by molar-refractivity contribution is 7.92. The van der Waals surface area contributed by atoms with Crippen LogP contribution in [0.5, 0.6) is 5.75 Å². The Balaban J connectivity index is 1.80. The Kier molecular flexibility index (Phi) is 11.3. The molecule has 0 saturated carbocycles. The molecule has 4 aromatic carbocycles. The van der Waals surface area contributed by atoms with E-state index in [4.69, 9.17) is 27.9 Å². The van der Waals surface area contributed by atoms with E-state index < -0.39 is 28.5 Å². The molecule has 2 amide bonds. The molecule has 0 spiro atoms. The Morgan fingerprint density at radius 3 is 2.20 bits per heavy atom. The number of ether oxygens (including phenoxy) is 1. The molecule has 11 heteroatoms. The number of benzene rings is 4. The number of likely N-dealkylation sites (N-methyl/N-ethyl adjacent to an activating group) is 1. The molecule has 0 aromatic heterocycles. The zero-order valence-electron chi connectivity index (χ0n) is 24.3. The molecule has 1 N–H and O–H groups in total. The molecule has 1 atom stereocenters. The van der Waals surface area contributed by atoms with Crippen LogP contribution in [0, 0.1) is 0 Å². The Hall–Kier alpha value is -4.05. The lowest BCUT2D eigenvalue weighted by atomic mass is 10.0. The second-order valence-electron chi connectivity index (χ2n) is 9.88. The number of carbonyl (C=O) groups is 2. The molecule has 0 aliphatic heterocycles. The molecule has 0 bridgehead atoms. The van der Waals surface area contributed by atoms with Crippen molar-refractivity contribution in [1.82, 2.24) is 10.2 Å². The summed E-state index contributed by atoms with van der Waals surface area (Å²) in [6, 6.07) is 27.5. The summed E-state index contributed by atoms with van der Waals surface area (Å²) in [7, 11) is -2.79. The van der Waals surface area contributed by atoms with Gasteiger partial charge in [-0.3, -0.25) is 13.9 Å². The van der Waals surface area contributed by atoms with E-state index >= 15 is 0 Å². The third-order valence-electron chi connectivity index (χ3n) is 6.94. The topological polar surface area (TPSA) is 96.0 Å². The molecule has 4 aromatic rings. The zero-order chi connectivity index (χ0) is 31.7. The lowest BCUT2D eigenvalue weighted by molar-refractivity contribution is -0.140. The standard InChI is InChI=1S/C33H33Cl2N3O5S/c1-3-36-33(40)31(20-24-10-5-4-6-11-24)37(22-25-12-7-8-15-30(25)35)32(39)23-38(27-14-9-13-26(34)21-27)44(41,42)29-18-16-28(43-2)17-19-29/h4-19,21,31H,3,20,22-23H2,1-2H3,(H,36,40)/t31-/m0/s1. The van der Waals surface area contributed by atoms with Crippen LogP contribution in [0.15, 0.2) is 108 Å². The van der Waals surface area contributed by atoms with Gasteiger partial charge in [0, 0.05) is 29.6 Å². The molecule has 4 rings (SSSR count). The number of anilines is 1. The van der Waals surface area contributed by atoms with Crippen molar-refractivity contribution in [2.24, 2.45) is 0 Å². The maximum absolute atomic E-state index is 14.4. The maximum Gasteiger partial charge on any atom is 0.264 e. The molecule has 0 fully saturated rings. The van der Waals surface area contributed by atoms with Crippen LogP contribution < -0.4 is 14.4 Å². The lowest BCUT2D eigenvalue weighted by Crippen LogP contribution is -2.53. The predicted molar refractivity (Wildman–Crippen MR) is 174 cm³/mol. The Morgan fingerprint density at radius 2 is 1.57 bits per heavy atom. The molecule has 8 nitrogen and oxygen atoms in total. The Labute approximate surface area is 268 Å². The van der Waals surface area contributed by atoms with Crippen molar-refractivity contribution in [3.05, 3.63) is 124 Å². The minimum absolute atomic E-state index is 0.0287. The van der Waals surface area contributed by atoms with Gasteiger partial charge in [0.2, 0.25) is 11.8 Å². The Morgan fingerprint density at radius 1 is 0.886 bits per heavy atom. The summed E-state index contributed by atoms with van der Waals surface area (Å²) < 4.78 is 34.4. The summed E-state index contributed by atoms with van der Waals surface area (Å²) in [5.74, 6) is -0.496. The first-order chi connectivity index (χ1) is 21.1. The molecule has 0 saturated heterocycles. The quantitative estimate of drug-likeness (QED) is 0.192. The maximum atomic E-state index is 14.4. The van der Waals surface area contributed by atoms with E-state index in [2.05, 4.69) is 5.32 Å². The molecule has 44 heavy (non-hydrogen) atoms. The third kappa shape index (κ3) is 8.11. The van der Waals surface area contributed by atoms with Gasteiger partial charge < -0.3 is 15.0 Å². The fourth-order valence-corrected chi connectivity index (χ4v) is 6.48. The number of amides is 2. The van der Waals surface area contributed by atoms with Gasteiger partial charge >= 0.3 is 0 Å². The molecule has 230 valence electrons. The number of halogens is 2. The number of carbonyl (C=O) groups excluding carboxylic acids is 2. The normalized spacial score (nSPS) is 11.8. The lowest BCUT2D eigenvalue weighted by Gasteiger charge is -2.34. The van der Waals surface area contributed by atoms with E-state index in [1.54, 1.807) is 49.4 Å². The van der Waals surface area contributed by atoms with Gasteiger partial charge in [-0.1, -0.05) is 77.8 Å². The second-order valence-corrected chi connectivity index (χ2v) is 12.6. The predicted octanol–water partition coefficient (Wildman–Crippen LogP) is 5.97. The average Bonchev–Trinajstić information content (AvgIpc) is 3.02. The Bertz CT molecular complexity index is 1690. The van der Waals surface area contributed by atoms with Crippen molar-refractivity contribution >= 4 is 50.7 Å². The molecule has 0 unspecified atom stereocenters. The van der Waals surface area contributed by atoms with E-state index in [0.29, 0.717) is 27.9 Å². The van der Waals surface area contributed by atoms with Crippen molar-refractivity contribution in [2.75, 3.05) is 24.5 Å². The number of sulfonamides is 1. The van der Waals surface area contributed by atoms with E-state index in [-0.39, 0.29) is 29.5 Å². The van der Waals surface area contributed by atoms with Gasteiger partial charge in [0.1, 0.15) is 18.3 Å². The van der Waals surface area contributed by atoms with Gasteiger partial charge in [-0.25, -0.2) is 8.42 Å². The van der Waals surface area contributed by atoms with Crippen molar-refractivity contribution < 1.29 is 22.7 Å². The van der Waals surface area contributed by atoms with E-state index in [0.717, 1.165) is 9.87 Å². The summed E-state index contributed by atoms with van der Waals surface area (Å²) in [4.78, 5) is 29.3. The molecular formula is C33H33Cl2N3O5S. The van der Waals surface area contributed by atoms with E-state index in [1.165, 1.54) is 42.3 Å². The van der Waals surface area contributed by atoms with Crippen LogP contribution in [0.3, 0.4) is 0 Å². The highest BCUT2D eigenvalue weighted by Crippen LogP contribution is 2.28. The van der Waals surface area contributed by atoms with Crippen LogP contribution in [0.4, 0.5) is 5.69 Å². The minimum atomic E-state index is -4.28. The van der Waals surface area contributed by atoms with Crippen LogP contribution in [0.1, 0.15) is 18.1 Å². The number of nitrogens with zero attached hydrogens (tertiary/aromatic N) is 2. The molecule has 0 aliphatic rings. The van der Waals surface area contributed by atoms with Crippen molar-refractivity contribution in [3.8, 4) is 5.75 Å². The van der Waals surface area contributed by atoms with Crippen molar-refractivity contribution in [3.63, 3.8) is 0 Å². The smallest absolute Gasteiger partial charge is 0.264 e. The first-order valence-corrected chi connectivity index (χ1v) is 16.1. The van der Waals surface area contributed by atoms with Gasteiger partial charge in [-0.05, 0) is 66.6 Å². The van der Waals surface area contributed by atoms with Gasteiger partial charge in [0.05, 0.1) is 17.7 Å². The number of hydrogen-bond acceptors (Lipinski definition) is 5. The minimum Gasteiger partial charge on any atom is -0.497 e. The highest BCUT2D eigenvalue weighted by Gasteiger charge is 2.34. The molecule has 0 aliphatic carbocycles.